The molecule has 5 heteroatoms. The lowest BCUT2D eigenvalue weighted by molar-refractivity contribution is 0.151. The fraction of sp³-hybridized carbons (Fsp3) is 0.750. The van der Waals surface area contributed by atoms with E-state index in [2.05, 4.69) is 10.1 Å². The van der Waals surface area contributed by atoms with Crippen LogP contribution in [0.25, 0.3) is 0 Å². The third-order valence-electron chi connectivity index (χ3n) is 2.35. The van der Waals surface area contributed by atoms with E-state index in [0.717, 1.165) is 12.8 Å². The zero-order valence-electron chi connectivity index (χ0n) is 7.47. The summed E-state index contributed by atoms with van der Waals surface area (Å²) in [7, 11) is 0. The van der Waals surface area contributed by atoms with Crippen molar-refractivity contribution in [3.8, 4) is 0 Å². The fourth-order valence-corrected chi connectivity index (χ4v) is 1.46. The minimum absolute atomic E-state index is 0.276. The molecule has 0 radical (unpaired) electrons. The first-order valence-corrected chi connectivity index (χ1v) is 4.44. The molecule has 0 bridgehead atoms. The quantitative estimate of drug-likeness (QED) is 0.690. The summed E-state index contributed by atoms with van der Waals surface area (Å²) in [5.74, 6) is 1.29. The molecule has 2 rings (SSSR count). The van der Waals surface area contributed by atoms with Crippen LogP contribution >= 0.6 is 0 Å². The summed E-state index contributed by atoms with van der Waals surface area (Å²) in [5, 5.41) is 12.9. The predicted octanol–water partition coefficient (Wildman–Crippen LogP) is 0.328. The van der Waals surface area contributed by atoms with E-state index >= 15 is 0 Å². The van der Waals surface area contributed by atoms with Crippen LogP contribution in [0.2, 0.25) is 0 Å². The third-order valence-corrected chi connectivity index (χ3v) is 2.35. The van der Waals surface area contributed by atoms with E-state index in [1.807, 2.05) is 0 Å². The number of rotatable bonds is 2. The second-order valence-corrected chi connectivity index (χ2v) is 3.60. The van der Waals surface area contributed by atoms with Crippen molar-refractivity contribution in [2.45, 2.75) is 37.8 Å². The molecule has 1 aromatic rings. The van der Waals surface area contributed by atoms with Crippen LogP contribution < -0.4 is 5.73 Å². The largest absolute Gasteiger partial charge is 0.384 e. The summed E-state index contributed by atoms with van der Waals surface area (Å²) in [6, 6.07) is 0.276. The number of hydrogen-bond acceptors (Lipinski definition) is 5. The molecular formula is C8H13N3O2. The van der Waals surface area contributed by atoms with Gasteiger partial charge < -0.3 is 15.4 Å². The molecule has 1 aliphatic carbocycles. The molecule has 13 heavy (non-hydrogen) atoms. The minimum Gasteiger partial charge on any atom is -0.384 e. The molecule has 1 heterocycles. The van der Waals surface area contributed by atoms with Crippen LogP contribution in [0.4, 0.5) is 0 Å². The van der Waals surface area contributed by atoms with Crippen molar-refractivity contribution in [1.29, 1.82) is 0 Å². The van der Waals surface area contributed by atoms with E-state index in [1.165, 1.54) is 0 Å². The van der Waals surface area contributed by atoms with Gasteiger partial charge in [0, 0.05) is 12.0 Å². The molecular weight excluding hydrogens is 170 g/mol. The van der Waals surface area contributed by atoms with E-state index in [0.29, 0.717) is 11.7 Å². The highest BCUT2D eigenvalue weighted by molar-refractivity contribution is 5.04. The van der Waals surface area contributed by atoms with Gasteiger partial charge in [0.25, 0.3) is 5.89 Å². The van der Waals surface area contributed by atoms with Gasteiger partial charge in [0.2, 0.25) is 0 Å². The molecule has 3 N–H and O–H groups in total. The smallest absolute Gasteiger partial charge is 0.255 e. The highest BCUT2D eigenvalue weighted by Crippen LogP contribution is 2.34. The van der Waals surface area contributed by atoms with Crippen molar-refractivity contribution in [3.05, 3.63) is 11.7 Å². The Balaban J connectivity index is 2.06. The van der Waals surface area contributed by atoms with Gasteiger partial charge in [-0.05, 0) is 19.8 Å². The molecule has 72 valence electrons. The molecule has 5 nitrogen and oxygen atoms in total. The van der Waals surface area contributed by atoms with Gasteiger partial charge in [-0.25, -0.2) is 0 Å². The highest BCUT2D eigenvalue weighted by atomic mass is 16.5. The average Bonchev–Trinajstić information content (AvgIpc) is 2.46. The van der Waals surface area contributed by atoms with Crippen molar-refractivity contribution >= 4 is 0 Å². The minimum atomic E-state index is -0.685. The Morgan fingerprint density at radius 3 is 2.77 bits per heavy atom. The van der Waals surface area contributed by atoms with Crippen molar-refractivity contribution in [3.63, 3.8) is 0 Å². The Bertz CT molecular complexity index is 291. The first-order valence-electron chi connectivity index (χ1n) is 4.44. The summed E-state index contributed by atoms with van der Waals surface area (Å²) in [6.07, 6.45) is 1.15. The summed E-state index contributed by atoms with van der Waals surface area (Å²) in [6.45, 7) is 1.60. The Labute approximate surface area is 75.9 Å². The van der Waals surface area contributed by atoms with Gasteiger partial charge in [0.15, 0.2) is 5.82 Å². The van der Waals surface area contributed by atoms with Crippen LogP contribution in [0, 0.1) is 0 Å². The lowest BCUT2D eigenvalue weighted by Crippen LogP contribution is -2.35. The highest BCUT2D eigenvalue weighted by Gasteiger charge is 2.31. The predicted molar refractivity (Wildman–Crippen MR) is 44.9 cm³/mol. The van der Waals surface area contributed by atoms with Gasteiger partial charge in [-0.1, -0.05) is 5.16 Å². The number of hydrogen-bond donors (Lipinski definition) is 2. The Hall–Kier alpha value is -0.940. The molecule has 0 saturated heterocycles. The average molecular weight is 183 g/mol. The zero-order chi connectivity index (χ0) is 9.42. The summed E-state index contributed by atoms with van der Waals surface area (Å²) in [5.41, 5.74) is 5.64. The van der Waals surface area contributed by atoms with Crippen LogP contribution in [0.1, 0.15) is 43.5 Å². The van der Waals surface area contributed by atoms with Crippen molar-refractivity contribution in [2.75, 3.05) is 0 Å². The monoisotopic (exact) mass is 183 g/mol. The number of nitrogens with two attached hydrogens (primary N) is 1. The van der Waals surface area contributed by atoms with Crippen LogP contribution in [-0.2, 0) is 0 Å². The molecule has 0 spiro atoms. The summed E-state index contributed by atoms with van der Waals surface area (Å²) in [4.78, 5) is 4.08. The molecule has 1 atom stereocenters. The lowest BCUT2D eigenvalue weighted by atomic mass is 9.80. The Morgan fingerprint density at radius 2 is 2.31 bits per heavy atom. The number of aromatic nitrogens is 2. The first-order chi connectivity index (χ1) is 6.16. The van der Waals surface area contributed by atoms with Gasteiger partial charge in [0.05, 0.1) is 0 Å². The molecule has 1 aliphatic rings. The number of aliphatic hydroxyl groups is 1. The number of aliphatic hydroxyl groups excluding tert-OH is 1. The topological polar surface area (TPSA) is 85.2 Å². The van der Waals surface area contributed by atoms with Crippen LogP contribution in [-0.4, -0.2) is 21.3 Å². The molecule has 0 unspecified atom stereocenters. The van der Waals surface area contributed by atoms with E-state index in [-0.39, 0.29) is 11.9 Å². The van der Waals surface area contributed by atoms with E-state index in [1.54, 1.807) is 6.92 Å². The Kier molecular flexibility index (Phi) is 2.05. The maximum atomic E-state index is 9.14. The van der Waals surface area contributed by atoms with E-state index in [9.17, 15) is 0 Å². The molecule has 1 fully saturated rings. The van der Waals surface area contributed by atoms with Crippen LogP contribution in [0.15, 0.2) is 4.52 Å². The standard InChI is InChI=1S/C8H13N3O2/c1-4(12)8-10-7(11-13-8)5-2-6(9)3-5/h4-6,12H,2-3,9H2,1H3/t4-,5?,6?/m1/s1. The van der Waals surface area contributed by atoms with Crippen LogP contribution in [0.3, 0.4) is 0 Å². The molecule has 1 saturated carbocycles. The van der Waals surface area contributed by atoms with Crippen molar-refractivity contribution in [2.24, 2.45) is 5.73 Å². The SMILES string of the molecule is C[C@@H](O)c1nc(C2CC(N)C2)no1. The maximum Gasteiger partial charge on any atom is 0.255 e. The van der Waals surface area contributed by atoms with Gasteiger partial charge in [-0.3, -0.25) is 0 Å². The van der Waals surface area contributed by atoms with Gasteiger partial charge in [-0.15, -0.1) is 0 Å². The second-order valence-electron chi connectivity index (χ2n) is 3.60. The number of nitrogens with zero attached hydrogens (tertiary/aromatic N) is 2. The lowest BCUT2D eigenvalue weighted by Gasteiger charge is -2.29. The molecule has 0 aliphatic heterocycles. The zero-order valence-corrected chi connectivity index (χ0v) is 7.47. The van der Waals surface area contributed by atoms with Gasteiger partial charge in [0.1, 0.15) is 6.10 Å². The van der Waals surface area contributed by atoms with Gasteiger partial charge in [-0.2, -0.15) is 4.98 Å². The van der Waals surface area contributed by atoms with Gasteiger partial charge >= 0.3 is 0 Å². The fourth-order valence-electron chi connectivity index (χ4n) is 1.46. The summed E-state index contributed by atoms with van der Waals surface area (Å²) < 4.78 is 4.87. The van der Waals surface area contributed by atoms with E-state index in [4.69, 9.17) is 15.4 Å². The summed E-state index contributed by atoms with van der Waals surface area (Å²) >= 11 is 0. The molecule has 1 aromatic heterocycles. The van der Waals surface area contributed by atoms with Crippen molar-refractivity contribution in [1.82, 2.24) is 10.1 Å². The Morgan fingerprint density at radius 1 is 1.62 bits per heavy atom. The van der Waals surface area contributed by atoms with E-state index < -0.39 is 6.10 Å². The van der Waals surface area contributed by atoms with Crippen LogP contribution in [0.5, 0.6) is 0 Å². The maximum absolute atomic E-state index is 9.14. The molecule has 0 amide bonds. The third kappa shape index (κ3) is 1.57. The van der Waals surface area contributed by atoms with Crippen molar-refractivity contribution < 1.29 is 9.63 Å². The first kappa shape index (κ1) is 8.65. The second kappa shape index (κ2) is 3.08. The normalized spacial score (nSPS) is 29.8. The molecule has 0 aromatic carbocycles.